The molecule has 152 valence electrons. The second kappa shape index (κ2) is 8.05. The number of thiophene rings is 1. The van der Waals surface area contributed by atoms with Gasteiger partial charge in [0, 0.05) is 26.2 Å². The maximum absolute atomic E-state index is 13.1. The summed E-state index contributed by atoms with van der Waals surface area (Å²) in [5.74, 6) is -0.720. The maximum atomic E-state index is 13.1. The Morgan fingerprint density at radius 2 is 1.90 bits per heavy atom. The molecule has 0 saturated carbocycles. The number of halogens is 1. The first kappa shape index (κ1) is 19.7. The van der Waals surface area contributed by atoms with Crippen LogP contribution >= 0.6 is 11.3 Å². The van der Waals surface area contributed by atoms with Crippen LogP contribution < -0.4 is 0 Å². The lowest BCUT2D eigenvalue weighted by atomic mass is 10.3. The third kappa shape index (κ3) is 4.09. The SMILES string of the molecule is O=C(c1cc(-c2cccs2)[nH]n1)N1CCCN(S(=O)(=O)c2ccc(F)cc2)CC1. The van der Waals surface area contributed by atoms with Crippen LogP contribution in [0.1, 0.15) is 16.9 Å². The first-order valence-electron chi connectivity index (χ1n) is 9.09. The van der Waals surface area contributed by atoms with Crippen LogP contribution in [0.4, 0.5) is 4.39 Å². The Labute approximate surface area is 171 Å². The van der Waals surface area contributed by atoms with Crippen molar-refractivity contribution in [2.45, 2.75) is 11.3 Å². The Hall–Kier alpha value is -2.56. The molecule has 3 aromatic rings. The lowest BCUT2D eigenvalue weighted by Crippen LogP contribution is -2.37. The molecule has 1 N–H and O–H groups in total. The van der Waals surface area contributed by atoms with E-state index in [1.165, 1.54) is 16.4 Å². The number of nitrogens with zero attached hydrogens (tertiary/aromatic N) is 3. The van der Waals surface area contributed by atoms with Gasteiger partial charge in [-0.3, -0.25) is 9.89 Å². The molecular weight excluding hydrogens is 415 g/mol. The molecular formula is C19H19FN4O3S2. The van der Waals surface area contributed by atoms with Gasteiger partial charge in [0.25, 0.3) is 5.91 Å². The number of carbonyl (C=O) groups excluding carboxylic acids is 1. The number of aromatic nitrogens is 2. The zero-order valence-electron chi connectivity index (χ0n) is 15.4. The summed E-state index contributed by atoms with van der Waals surface area (Å²) in [6.07, 6.45) is 0.508. The van der Waals surface area contributed by atoms with Crippen molar-refractivity contribution in [3.63, 3.8) is 0 Å². The number of H-pyrrole nitrogens is 1. The third-order valence-corrected chi connectivity index (χ3v) is 7.59. The van der Waals surface area contributed by atoms with Crippen LogP contribution in [-0.2, 0) is 10.0 Å². The number of hydrogen-bond acceptors (Lipinski definition) is 5. The molecule has 1 fully saturated rings. The zero-order valence-corrected chi connectivity index (χ0v) is 17.0. The second-order valence-corrected chi connectivity index (χ2v) is 9.53. The van der Waals surface area contributed by atoms with Gasteiger partial charge < -0.3 is 4.90 Å². The minimum atomic E-state index is -3.73. The fourth-order valence-electron chi connectivity index (χ4n) is 3.24. The average Bonchev–Trinajstić information content (AvgIpc) is 3.35. The van der Waals surface area contributed by atoms with E-state index >= 15 is 0 Å². The molecule has 0 unspecified atom stereocenters. The van der Waals surface area contributed by atoms with Crippen molar-refractivity contribution in [2.24, 2.45) is 0 Å². The molecule has 1 saturated heterocycles. The van der Waals surface area contributed by atoms with E-state index in [1.54, 1.807) is 22.3 Å². The van der Waals surface area contributed by atoms with Gasteiger partial charge in [0.1, 0.15) is 5.82 Å². The number of carbonyl (C=O) groups is 1. The van der Waals surface area contributed by atoms with E-state index in [0.29, 0.717) is 25.2 Å². The molecule has 7 nitrogen and oxygen atoms in total. The van der Waals surface area contributed by atoms with Crippen LogP contribution in [-0.4, -0.2) is 59.9 Å². The van der Waals surface area contributed by atoms with E-state index in [0.717, 1.165) is 22.7 Å². The molecule has 0 atom stereocenters. The highest BCUT2D eigenvalue weighted by atomic mass is 32.2. The summed E-state index contributed by atoms with van der Waals surface area (Å²) in [5.41, 5.74) is 1.09. The Bertz CT molecular complexity index is 1090. The van der Waals surface area contributed by atoms with E-state index in [9.17, 15) is 17.6 Å². The van der Waals surface area contributed by atoms with Crippen LogP contribution in [0.3, 0.4) is 0 Å². The summed E-state index contributed by atoms with van der Waals surface area (Å²) >= 11 is 1.55. The van der Waals surface area contributed by atoms with Crippen molar-refractivity contribution in [2.75, 3.05) is 26.2 Å². The van der Waals surface area contributed by atoms with Crippen molar-refractivity contribution in [3.8, 4) is 10.6 Å². The van der Waals surface area contributed by atoms with Gasteiger partial charge >= 0.3 is 0 Å². The van der Waals surface area contributed by atoms with Gasteiger partial charge in [0.15, 0.2) is 5.69 Å². The average molecular weight is 435 g/mol. The Kier molecular flexibility index (Phi) is 5.48. The number of amides is 1. The molecule has 1 aromatic carbocycles. The first-order chi connectivity index (χ1) is 13.9. The normalized spacial score (nSPS) is 16.0. The zero-order chi connectivity index (χ0) is 20.4. The van der Waals surface area contributed by atoms with Crippen molar-refractivity contribution in [1.82, 2.24) is 19.4 Å². The standard InChI is InChI=1S/C19H19FN4O3S2/c20-14-4-6-15(7-5-14)29(26,27)24-9-2-8-23(10-11-24)19(25)17-13-16(21-22-17)18-3-1-12-28-18/h1,3-7,12-13H,2,8-11H2,(H,21,22). The van der Waals surface area contributed by atoms with Gasteiger partial charge in [-0.15, -0.1) is 11.3 Å². The van der Waals surface area contributed by atoms with E-state index in [-0.39, 0.29) is 23.9 Å². The van der Waals surface area contributed by atoms with Crippen molar-refractivity contribution in [1.29, 1.82) is 0 Å². The van der Waals surface area contributed by atoms with Crippen LogP contribution in [0.15, 0.2) is 52.7 Å². The number of benzene rings is 1. The third-order valence-electron chi connectivity index (χ3n) is 4.78. The summed E-state index contributed by atoms with van der Waals surface area (Å²) in [6, 6.07) is 10.4. The maximum Gasteiger partial charge on any atom is 0.274 e. The van der Waals surface area contributed by atoms with Crippen LogP contribution in [0.25, 0.3) is 10.6 Å². The molecule has 4 rings (SSSR count). The molecule has 3 heterocycles. The number of hydrogen-bond donors (Lipinski definition) is 1. The minimum Gasteiger partial charge on any atom is -0.336 e. The number of sulfonamides is 1. The van der Waals surface area contributed by atoms with Gasteiger partial charge in [-0.05, 0) is 48.2 Å². The molecule has 0 radical (unpaired) electrons. The van der Waals surface area contributed by atoms with Gasteiger partial charge in [0.2, 0.25) is 10.0 Å². The summed E-state index contributed by atoms with van der Waals surface area (Å²) < 4.78 is 40.1. The van der Waals surface area contributed by atoms with Crippen LogP contribution in [0, 0.1) is 5.82 Å². The smallest absolute Gasteiger partial charge is 0.274 e. The molecule has 2 aromatic heterocycles. The second-order valence-electron chi connectivity index (χ2n) is 6.65. The first-order valence-corrected chi connectivity index (χ1v) is 11.4. The number of nitrogens with one attached hydrogen (secondary N) is 1. The van der Waals surface area contributed by atoms with Gasteiger partial charge in [-0.1, -0.05) is 6.07 Å². The highest BCUT2D eigenvalue weighted by Crippen LogP contribution is 2.24. The van der Waals surface area contributed by atoms with E-state index in [4.69, 9.17) is 0 Å². The van der Waals surface area contributed by atoms with Crippen molar-refractivity contribution in [3.05, 3.63) is 59.4 Å². The number of rotatable bonds is 4. The van der Waals surface area contributed by atoms with Gasteiger partial charge in [-0.25, -0.2) is 12.8 Å². The van der Waals surface area contributed by atoms with Crippen molar-refractivity contribution >= 4 is 27.3 Å². The highest BCUT2D eigenvalue weighted by molar-refractivity contribution is 7.89. The molecule has 0 spiro atoms. The quantitative estimate of drug-likeness (QED) is 0.684. The molecule has 10 heteroatoms. The largest absolute Gasteiger partial charge is 0.336 e. The fraction of sp³-hybridized carbons (Fsp3) is 0.263. The van der Waals surface area contributed by atoms with Gasteiger partial charge in [-0.2, -0.15) is 9.40 Å². The summed E-state index contributed by atoms with van der Waals surface area (Å²) in [5, 5.41) is 8.95. The van der Waals surface area contributed by atoms with E-state index in [2.05, 4.69) is 10.2 Å². The molecule has 1 amide bonds. The predicted octanol–water partition coefficient (Wildman–Crippen LogP) is 2.81. The van der Waals surface area contributed by atoms with Crippen LogP contribution in [0.5, 0.6) is 0 Å². The topological polar surface area (TPSA) is 86.4 Å². The minimum absolute atomic E-state index is 0.0477. The van der Waals surface area contributed by atoms with E-state index in [1.807, 2.05) is 17.5 Å². The fourth-order valence-corrected chi connectivity index (χ4v) is 5.41. The van der Waals surface area contributed by atoms with Gasteiger partial charge in [0.05, 0.1) is 15.5 Å². The monoisotopic (exact) mass is 434 g/mol. The molecule has 0 bridgehead atoms. The molecule has 0 aliphatic carbocycles. The molecule has 1 aliphatic rings. The predicted molar refractivity (Wildman–Crippen MR) is 108 cm³/mol. The summed E-state index contributed by atoms with van der Waals surface area (Å²) in [6.45, 7) is 1.17. The van der Waals surface area contributed by atoms with Crippen LogP contribution in [0.2, 0.25) is 0 Å². The lowest BCUT2D eigenvalue weighted by Gasteiger charge is -2.21. The van der Waals surface area contributed by atoms with E-state index < -0.39 is 15.8 Å². The number of aromatic amines is 1. The highest BCUT2D eigenvalue weighted by Gasteiger charge is 2.29. The Morgan fingerprint density at radius 1 is 1.10 bits per heavy atom. The lowest BCUT2D eigenvalue weighted by molar-refractivity contribution is 0.0758. The molecule has 1 aliphatic heterocycles. The molecule has 29 heavy (non-hydrogen) atoms. The summed E-state index contributed by atoms with van der Waals surface area (Å²) in [7, 11) is -3.73. The Morgan fingerprint density at radius 3 is 2.62 bits per heavy atom. The summed E-state index contributed by atoms with van der Waals surface area (Å²) in [4.78, 5) is 15.5. The van der Waals surface area contributed by atoms with Crippen molar-refractivity contribution < 1.29 is 17.6 Å². The Balaban J connectivity index is 1.46.